The van der Waals surface area contributed by atoms with Crippen molar-refractivity contribution in [1.82, 2.24) is 0 Å². The summed E-state index contributed by atoms with van der Waals surface area (Å²) in [7, 11) is 1.60. The van der Waals surface area contributed by atoms with Gasteiger partial charge in [0.15, 0.2) is 4.32 Å². The molecule has 1 amide bonds. The van der Waals surface area contributed by atoms with Gasteiger partial charge < -0.3 is 9.15 Å². The molecule has 0 radical (unpaired) electrons. The van der Waals surface area contributed by atoms with Crippen LogP contribution in [0.2, 0.25) is 0 Å². The van der Waals surface area contributed by atoms with Crippen LogP contribution in [0.15, 0.2) is 52.0 Å². The van der Waals surface area contributed by atoms with Crippen LogP contribution in [0, 0.1) is 0 Å². The fraction of sp³-hybridized carbons (Fsp3) is 0.0667. The van der Waals surface area contributed by atoms with Crippen molar-refractivity contribution < 1.29 is 13.9 Å². The normalized spacial score (nSPS) is 16.8. The van der Waals surface area contributed by atoms with Crippen molar-refractivity contribution in [2.45, 2.75) is 0 Å². The van der Waals surface area contributed by atoms with Crippen molar-refractivity contribution in [3.8, 4) is 5.75 Å². The highest BCUT2D eigenvalue weighted by Crippen LogP contribution is 2.36. The van der Waals surface area contributed by atoms with Crippen molar-refractivity contribution in [2.24, 2.45) is 0 Å². The van der Waals surface area contributed by atoms with Gasteiger partial charge in [0.2, 0.25) is 0 Å². The molecule has 1 aromatic heterocycles. The Bertz CT molecular complexity index is 705. The molecule has 0 atom stereocenters. The Kier molecular flexibility index (Phi) is 3.81. The number of amides is 1. The van der Waals surface area contributed by atoms with Gasteiger partial charge in [-0.25, -0.2) is 0 Å². The van der Waals surface area contributed by atoms with Crippen LogP contribution in [0.25, 0.3) is 6.08 Å². The first-order valence-electron chi connectivity index (χ1n) is 6.14. The van der Waals surface area contributed by atoms with Crippen molar-refractivity contribution in [3.05, 3.63) is 53.3 Å². The number of hydrogen-bond acceptors (Lipinski definition) is 5. The minimum absolute atomic E-state index is 0.147. The highest BCUT2D eigenvalue weighted by molar-refractivity contribution is 8.27. The number of benzene rings is 1. The van der Waals surface area contributed by atoms with Gasteiger partial charge in [0.05, 0.1) is 24.0 Å². The average Bonchev–Trinajstić information content (AvgIpc) is 3.09. The molecule has 0 bridgehead atoms. The third-order valence-electron chi connectivity index (χ3n) is 2.94. The quantitative estimate of drug-likeness (QED) is 0.638. The van der Waals surface area contributed by atoms with E-state index in [1.165, 1.54) is 16.7 Å². The topological polar surface area (TPSA) is 42.7 Å². The zero-order chi connectivity index (χ0) is 14.8. The number of furan rings is 1. The third kappa shape index (κ3) is 2.72. The molecule has 1 aromatic carbocycles. The lowest BCUT2D eigenvalue weighted by atomic mass is 10.2. The number of ether oxygens (including phenoxy) is 1. The van der Waals surface area contributed by atoms with E-state index in [0.29, 0.717) is 15.0 Å². The monoisotopic (exact) mass is 317 g/mol. The lowest BCUT2D eigenvalue weighted by Crippen LogP contribution is -2.27. The molecule has 4 nitrogen and oxygen atoms in total. The van der Waals surface area contributed by atoms with Crippen LogP contribution in [0.4, 0.5) is 5.69 Å². The molecule has 1 fully saturated rings. The second-order valence-electron chi connectivity index (χ2n) is 4.23. The van der Waals surface area contributed by atoms with Gasteiger partial charge in [0.25, 0.3) is 5.91 Å². The number of methoxy groups -OCH3 is 1. The summed E-state index contributed by atoms with van der Waals surface area (Å²) in [6, 6.07) is 10.8. The second-order valence-corrected chi connectivity index (χ2v) is 5.91. The maximum absolute atomic E-state index is 12.5. The van der Waals surface area contributed by atoms with E-state index in [1.54, 1.807) is 55.8 Å². The summed E-state index contributed by atoms with van der Waals surface area (Å²) in [4.78, 5) is 14.5. The van der Waals surface area contributed by atoms with Gasteiger partial charge in [-0.1, -0.05) is 24.0 Å². The number of hydrogen-bond donors (Lipinski definition) is 0. The first-order valence-corrected chi connectivity index (χ1v) is 7.37. The van der Waals surface area contributed by atoms with Gasteiger partial charge in [-0.05, 0) is 36.4 Å². The molecule has 106 valence electrons. The SMILES string of the molecule is COc1ccc(N2C(=O)/C(=C/c3ccco3)SC2=S)cc1. The lowest BCUT2D eigenvalue weighted by molar-refractivity contribution is -0.113. The number of thioether (sulfide) groups is 1. The van der Waals surface area contributed by atoms with E-state index < -0.39 is 0 Å². The second kappa shape index (κ2) is 5.75. The Morgan fingerprint density at radius 1 is 1.29 bits per heavy atom. The third-order valence-corrected chi connectivity index (χ3v) is 4.24. The zero-order valence-electron chi connectivity index (χ0n) is 11.1. The van der Waals surface area contributed by atoms with Crippen molar-refractivity contribution in [2.75, 3.05) is 12.0 Å². The average molecular weight is 317 g/mol. The predicted molar refractivity (Wildman–Crippen MR) is 87.4 cm³/mol. The molecular weight excluding hydrogens is 306 g/mol. The largest absolute Gasteiger partial charge is 0.497 e. The lowest BCUT2D eigenvalue weighted by Gasteiger charge is -2.14. The van der Waals surface area contributed by atoms with Gasteiger partial charge in [-0.15, -0.1) is 0 Å². The maximum Gasteiger partial charge on any atom is 0.270 e. The molecule has 0 aliphatic carbocycles. The summed E-state index contributed by atoms with van der Waals surface area (Å²) >= 11 is 6.56. The molecule has 0 unspecified atom stereocenters. The van der Waals surface area contributed by atoms with Crippen LogP contribution >= 0.6 is 24.0 Å². The van der Waals surface area contributed by atoms with Gasteiger partial charge in [0.1, 0.15) is 11.5 Å². The standard InChI is InChI=1S/C15H11NO3S2/c1-18-11-6-4-10(5-7-11)16-14(17)13(21-15(16)20)9-12-3-2-8-19-12/h2-9H,1H3/b13-9-. The minimum Gasteiger partial charge on any atom is -0.497 e. The number of anilines is 1. The number of rotatable bonds is 3. The van der Waals surface area contributed by atoms with E-state index in [4.69, 9.17) is 21.4 Å². The molecule has 1 aliphatic heterocycles. The van der Waals surface area contributed by atoms with Crippen LogP contribution in [0.1, 0.15) is 5.76 Å². The summed E-state index contributed by atoms with van der Waals surface area (Å²) < 4.78 is 10.8. The molecule has 2 aromatic rings. The molecule has 0 saturated carbocycles. The molecule has 1 aliphatic rings. The van der Waals surface area contributed by atoms with E-state index in [9.17, 15) is 4.79 Å². The first-order chi connectivity index (χ1) is 10.2. The number of carbonyl (C=O) groups excluding carboxylic acids is 1. The fourth-order valence-corrected chi connectivity index (χ4v) is 3.20. The highest BCUT2D eigenvalue weighted by Gasteiger charge is 2.33. The highest BCUT2D eigenvalue weighted by atomic mass is 32.2. The van der Waals surface area contributed by atoms with Crippen molar-refractivity contribution in [3.63, 3.8) is 0 Å². The summed E-state index contributed by atoms with van der Waals surface area (Å²) in [5, 5.41) is 0. The van der Waals surface area contributed by atoms with E-state index in [-0.39, 0.29) is 5.91 Å². The van der Waals surface area contributed by atoms with Crippen molar-refractivity contribution in [1.29, 1.82) is 0 Å². The van der Waals surface area contributed by atoms with Crippen LogP contribution in [0.3, 0.4) is 0 Å². The fourth-order valence-electron chi connectivity index (χ4n) is 1.92. The van der Waals surface area contributed by atoms with Crippen LogP contribution in [0.5, 0.6) is 5.75 Å². The molecule has 6 heteroatoms. The minimum atomic E-state index is -0.147. The number of nitrogens with zero attached hydrogens (tertiary/aromatic N) is 1. The van der Waals surface area contributed by atoms with E-state index in [2.05, 4.69) is 0 Å². The van der Waals surface area contributed by atoms with Gasteiger partial charge in [0, 0.05) is 6.08 Å². The zero-order valence-corrected chi connectivity index (χ0v) is 12.7. The molecule has 0 N–H and O–H groups in total. The Labute approximate surface area is 131 Å². The Balaban J connectivity index is 1.90. The van der Waals surface area contributed by atoms with Crippen LogP contribution < -0.4 is 9.64 Å². The molecular formula is C15H11NO3S2. The van der Waals surface area contributed by atoms with E-state index in [0.717, 1.165) is 11.4 Å². The number of thiocarbonyl (C=S) groups is 1. The van der Waals surface area contributed by atoms with Gasteiger partial charge in [-0.2, -0.15) is 0 Å². The summed E-state index contributed by atoms with van der Waals surface area (Å²) in [5.74, 6) is 1.21. The molecule has 1 saturated heterocycles. The van der Waals surface area contributed by atoms with Crippen LogP contribution in [-0.2, 0) is 4.79 Å². The Hall–Kier alpha value is -2.05. The number of carbonyl (C=O) groups is 1. The summed E-state index contributed by atoms with van der Waals surface area (Å²) in [5.41, 5.74) is 0.723. The van der Waals surface area contributed by atoms with E-state index >= 15 is 0 Å². The van der Waals surface area contributed by atoms with Crippen LogP contribution in [-0.4, -0.2) is 17.3 Å². The Morgan fingerprint density at radius 2 is 2.05 bits per heavy atom. The van der Waals surface area contributed by atoms with Gasteiger partial charge >= 0.3 is 0 Å². The molecule has 0 spiro atoms. The summed E-state index contributed by atoms with van der Waals surface area (Å²) in [6.45, 7) is 0. The first kappa shape index (κ1) is 13.9. The Morgan fingerprint density at radius 3 is 2.67 bits per heavy atom. The molecule has 3 rings (SSSR count). The smallest absolute Gasteiger partial charge is 0.270 e. The van der Waals surface area contributed by atoms with E-state index in [1.807, 2.05) is 0 Å². The maximum atomic E-state index is 12.5. The predicted octanol–water partition coefficient (Wildman–Crippen LogP) is 3.69. The summed E-state index contributed by atoms with van der Waals surface area (Å²) in [6.07, 6.45) is 3.26. The van der Waals surface area contributed by atoms with Gasteiger partial charge in [-0.3, -0.25) is 9.69 Å². The molecule has 21 heavy (non-hydrogen) atoms. The van der Waals surface area contributed by atoms with Crippen molar-refractivity contribution >= 4 is 46.0 Å². The molecule has 2 heterocycles.